The fraction of sp³-hybridized carbons (Fsp3) is 0.188. The normalized spacial score (nSPS) is 12.5. The van der Waals surface area contributed by atoms with E-state index in [2.05, 4.69) is 34.1 Å². The minimum Gasteiger partial charge on any atom is -0.369 e. The molecular weight excluding hydrogens is 276 g/mol. The molecule has 0 aliphatic carbocycles. The Morgan fingerprint density at radius 1 is 1.09 bits per heavy atom. The molecule has 0 atom stereocenters. The fourth-order valence-electron chi connectivity index (χ4n) is 1.81. The molecule has 6 nitrogen and oxygen atoms in total. The Morgan fingerprint density at radius 2 is 1.82 bits per heavy atom. The first-order valence-corrected chi connectivity index (χ1v) is 7.01. The maximum Gasteiger partial charge on any atom is 0.225 e. The third-order valence-electron chi connectivity index (χ3n) is 2.96. The van der Waals surface area contributed by atoms with E-state index in [9.17, 15) is 0 Å². The predicted molar refractivity (Wildman–Crippen MR) is 91.3 cm³/mol. The number of hydrogen-bond acceptors (Lipinski definition) is 2. The molecule has 0 unspecified atom stereocenters. The van der Waals surface area contributed by atoms with Gasteiger partial charge in [0, 0.05) is 11.9 Å². The number of guanidine groups is 2. The first-order valence-electron chi connectivity index (χ1n) is 7.01. The number of benzene rings is 1. The zero-order valence-corrected chi connectivity index (χ0v) is 12.7. The second kappa shape index (κ2) is 7.21. The lowest BCUT2D eigenvalue weighted by atomic mass is 10.0. The van der Waals surface area contributed by atoms with E-state index in [1.54, 1.807) is 18.3 Å². The lowest BCUT2D eigenvalue weighted by Gasteiger charge is -2.08. The highest BCUT2D eigenvalue weighted by molar-refractivity contribution is 6.01. The van der Waals surface area contributed by atoms with Crippen molar-refractivity contribution in [3.05, 3.63) is 54.2 Å². The summed E-state index contributed by atoms with van der Waals surface area (Å²) in [6.45, 7) is 4.29. The summed E-state index contributed by atoms with van der Waals surface area (Å²) in [6.07, 6.45) is 1.63. The van der Waals surface area contributed by atoms with E-state index < -0.39 is 0 Å². The van der Waals surface area contributed by atoms with Crippen LogP contribution in [-0.2, 0) is 0 Å². The van der Waals surface area contributed by atoms with Crippen LogP contribution < -0.4 is 16.8 Å². The topological polar surface area (TPSA) is 102 Å². The quantitative estimate of drug-likeness (QED) is 0.598. The van der Waals surface area contributed by atoms with Crippen molar-refractivity contribution >= 4 is 23.4 Å². The van der Waals surface area contributed by atoms with E-state index in [1.165, 1.54) is 5.56 Å². The zero-order valence-electron chi connectivity index (χ0n) is 12.7. The molecule has 0 amide bonds. The van der Waals surface area contributed by atoms with Gasteiger partial charge in [-0.3, -0.25) is 0 Å². The number of pyridine rings is 1. The Labute approximate surface area is 130 Å². The van der Waals surface area contributed by atoms with Crippen molar-refractivity contribution in [2.45, 2.75) is 19.8 Å². The van der Waals surface area contributed by atoms with Crippen molar-refractivity contribution < 1.29 is 0 Å². The lowest BCUT2D eigenvalue weighted by molar-refractivity contribution is 0.867. The minimum atomic E-state index is 0.0440. The summed E-state index contributed by atoms with van der Waals surface area (Å²) < 4.78 is 0. The number of aliphatic imine (C=N–C) groups is 2. The minimum absolute atomic E-state index is 0.0440. The van der Waals surface area contributed by atoms with Gasteiger partial charge in [-0.05, 0) is 35.7 Å². The van der Waals surface area contributed by atoms with Crippen LogP contribution in [0.4, 0.5) is 11.5 Å². The summed E-state index contributed by atoms with van der Waals surface area (Å²) in [5, 5.41) is 2.97. The van der Waals surface area contributed by atoms with E-state index in [-0.39, 0.29) is 11.9 Å². The Hall–Kier alpha value is -2.89. The summed E-state index contributed by atoms with van der Waals surface area (Å²) in [6, 6.07) is 13.3. The first kappa shape index (κ1) is 15.5. The van der Waals surface area contributed by atoms with Gasteiger partial charge in [0.25, 0.3) is 0 Å². The average Bonchev–Trinajstić information content (AvgIpc) is 2.48. The van der Waals surface area contributed by atoms with Crippen LogP contribution in [0.25, 0.3) is 0 Å². The molecule has 22 heavy (non-hydrogen) atoms. The van der Waals surface area contributed by atoms with Gasteiger partial charge in [0.15, 0.2) is 5.82 Å². The Balaban J connectivity index is 2.04. The standard InChI is InChI=1S/C16H20N6/c1-11(2)12-6-8-13(9-7-12)20-15(17)22-16(18)21-14-5-3-4-10-19-14/h3-11H,1-2H3,(H5,17,18,19,20,21,22). The number of aromatic nitrogens is 1. The molecule has 2 aromatic rings. The van der Waals surface area contributed by atoms with Crippen LogP contribution in [0.15, 0.2) is 58.6 Å². The molecule has 114 valence electrons. The smallest absolute Gasteiger partial charge is 0.225 e. The van der Waals surface area contributed by atoms with Crippen molar-refractivity contribution in [3.8, 4) is 0 Å². The summed E-state index contributed by atoms with van der Waals surface area (Å²) in [5.74, 6) is 1.19. The SMILES string of the molecule is CC(C)c1ccc(NC(N)=NC(N)=Nc2ccccn2)cc1. The molecule has 0 spiro atoms. The molecule has 1 heterocycles. The molecule has 0 fully saturated rings. The van der Waals surface area contributed by atoms with Gasteiger partial charge >= 0.3 is 0 Å². The highest BCUT2D eigenvalue weighted by Gasteiger charge is 2.00. The lowest BCUT2D eigenvalue weighted by Crippen LogP contribution is -2.26. The molecule has 5 N–H and O–H groups in total. The number of nitrogens with one attached hydrogen (secondary N) is 1. The molecule has 1 aromatic heterocycles. The van der Waals surface area contributed by atoms with Gasteiger partial charge in [-0.15, -0.1) is 0 Å². The largest absolute Gasteiger partial charge is 0.369 e. The van der Waals surface area contributed by atoms with Crippen LogP contribution in [-0.4, -0.2) is 16.9 Å². The molecule has 0 saturated carbocycles. The van der Waals surface area contributed by atoms with Gasteiger partial charge in [0.1, 0.15) is 0 Å². The van der Waals surface area contributed by atoms with Crippen LogP contribution in [0, 0.1) is 0 Å². The van der Waals surface area contributed by atoms with Gasteiger partial charge < -0.3 is 16.8 Å². The van der Waals surface area contributed by atoms with Gasteiger partial charge in [0.2, 0.25) is 11.9 Å². The maximum absolute atomic E-state index is 5.82. The molecule has 0 aliphatic heterocycles. The zero-order chi connectivity index (χ0) is 15.9. The number of nitrogens with two attached hydrogens (primary N) is 2. The van der Waals surface area contributed by atoms with Crippen molar-refractivity contribution in [1.82, 2.24) is 4.98 Å². The summed E-state index contributed by atoms with van der Waals surface area (Å²) in [4.78, 5) is 12.1. The second-order valence-electron chi connectivity index (χ2n) is 5.06. The summed E-state index contributed by atoms with van der Waals surface area (Å²) in [5.41, 5.74) is 13.6. The fourth-order valence-corrected chi connectivity index (χ4v) is 1.81. The third-order valence-corrected chi connectivity index (χ3v) is 2.96. The third kappa shape index (κ3) is 4.59. The number of anilines is 1. The Kier molecular flexibility index (Phi) is 5.08. The number of nitrogens with zero attached hydrogens (tertiary/aromatic N) is 3. The molecular formula is C16H20N6. The number of rotatable bonds is 3. The Morgan fingerprint density at radius 3 is 2.41 bits per heavy atom. The van der Waals surface area contributed by atoms with Crippen LogP contribution >= 0.6 is 0 Å². The first-order chi connectivity index (χ1) is 10.5. The molecule has 0 saturated heterocycles. The molecule has 6 heteroatoms. The van der Waals surface area contributed by atoms with Gasteiger partial charge in [-0.25, -0.2) is 4.98 Å². The van der Waals surface area contributed by atoms with E-state index in [4.69, 9.17) is 11.5 Å². The van der Waals surface area contributed by atoms with Crippen LogP contribution in [0.2, 0.25) is 0 Å². The van der Waals surface area contributed by atoms with E-state index in [1.807, 2.05) is 30.3 Å². The molecule has 0 radical (unpaired) electrons. The Bertz CT molecular complexity index is 659. The van der Waals surface area contributed by atoms with Crippen LogP contribution in [0.1, 0.15) is 25.3 Å². The average molecular weight is 296 g/mol. The van der Waals surface area contributed by atoms with Crippen molar-refractivity contribution in [1.29, 1.82) is 0 Å². The van der Waals surface area contributed by atoms with Crippen LogP contribution in [0.3, 0.4) is 0 Å². The van der Waals surface area contributed by atoms with Crippen molar-refractivity contribution in [2.75, 3.05) is 5.32 Å². The molecule has 2 rings (SSSR count). The second-order valence-corrected chi connectivity index (χ2v) is 5.06. The molecule has 0 bridgehead atoms. The van der Waals surface area contributed by atoms with Gasteiger partial charge in [0.05, 0.1) is 0 Å². The molecule has 1 aromatic carbocycles. The van der Waals surface area contributed by atoms with Gasteiger partial charge in [-0.1, -0.05) is 32.0 Å². The van der Waals surface area contributed by atoms with E-state index in [0.717, 1.165) is 5.69 Å². The highest BCUT2D eigenvalue weighted by atomic mass is 15.2. The highest BCUT2D eigenvalue weighted by Crippen LogP contribution is 2.16. The number of hydrogen-bond donors (Lipinski definition) is 3. The van der Waals surface area contributed by atoms with Crippen molar-refractivity contribution in [3.63, 3.8) is 0 Å². The monoisotopic (exact) mass is 296 g/mol. The van der Waals surface area contributed by atoms with Crippen molar-refractivity contribution in [2.24, 2.45) is 21.5 Å². The van der Waals surface area contributed by atoms with Gasteiger partial charge in [-0.2, -0.15) is 9.98 Å². The summed E-state index contributed by atoms with van der Waals surface area (Å²) >= 11 is 0. The molecule has 0 aliphatic rings. The predicted octanol–water partition coefficient (Wildman–Crippen LogP) is 2.58. The van der Waals surface area contributed by atoms with E-state index in [0.29, 0.717) is 11.7 Å². The summed E-state index contributed by atoms with van der Waals surface area (Å²) in [7, 11) is 0. The maximum atomic E-state index is 5.82. The van der Waals surface area contributed by atoms with E-state index >= 15 is 0 Å². The van der Waals surface area contributed by atoms with Crippen LogP contribution in [0.5, 0.6) is 0 Å².